The summed E-state index contributed by atoms with van der Waals surface area (Å²) in [4.78, 5) is 22.4. The molecule has 0 saturated heterocycles. The Morgan fingerprint density at radius 3 is 2.90 bits per heavy atom. The van der Waals surface area contributed by atoms with Crippen molar-refractivity contribution in [2.75, 3.05) is 13.2 Å². The van der Waals surface area contributed by atoms with Gasteiger partial charge in [0, 0.05) is 24.1 Å². The SMILES string of the molecule is CC1(C)Cc2cccc(OCC#CCNC(=O)c3cc([N+](=O)[O-])ccc3Cl)c2O1. The van der Waals surface area contributed by atoms with Gasteiger partial charge >= 0.3 is 0 Å². The fourth-order valence-electron chi connectivity index (χ4n) is 2.95. The van der Waals surface area contributed by atoms with Crippen LogP contribution in [0, 0.1) is 22.0 Å². The fraction of sp³-hybridized carbons (Fsp3) is 0.286. The van der Waals surface area contributed by atoms with Gasteiger partial charge in [-0.15, -0.1) is 0 Å². The molecule has 2 aromatic carbocycles. The molecule has 1 aliphatic heterocycles. The van der Waals surface area contributed by atoms with Crippen LogP contribution in [0.1, 0.15) is 29.8 Å². The normalized spacial score (nSPS) is 13.5. The summed E-state index contributed by atoms with van der Waals surface area (Å²) in [7, 11) is 0. The summed E-state index contributed by atoms with van der Waals surface area (Å²) in [5.41, 5.74) is 0.658. The van der Waals surface area contributed by atoms with Gasteiger partial charge in [0.1, 0.15) is 12.2 Å². The summed E-state index contributed by atoms with van der Waals surface area (Å²) in [6.45, 7) is 4.23. The van der Waals surface area contributed by atoms with Crippen molar-refractivity contribution in [2.45, 2.75) is 25.9 Å². The van der Waals surface area contributed by atoms with Gasteiger partial charge in [-0.1, -0.05) is 35.6 Å². The van der Waals surface area contributed by atoms with E-state index < -0.39 is 10.8 Å². The molecular weight excluding hydrogens is 396 g/mol. The lowest BCUT2D eigenvalue weighted by molar-refractivity contribution is -0.384. The first-order valence-corrected chi connectivity index (χ1v) is 9.26. The summed E-state index contributed by atoms with van der Waals surface area (Å²) in [6.07, 6.45) is 0.817. The third kappa shape index (κ3) is 4.98. The van der Waals surface area contributed by atoms with Crippen LogP contribution in [0.4, 0.5) is 5.69 Å². The molecule has 0 bridgehead atoms. The largest absolute Gasteiger partial charge is 0.483 e. The number of carbonyl (C=O) groups excluding carboxylic acids is 1. The predicted octanol–water partition coefficient (Wildman–Crippen LogP) is 3.77. The van der Waals surface area contributed by atoms with E-state index in [0.717, 1.165) is 23.8 Å². The van der Waals surface area contributed by atoms with Gasteiger partial charge in [-0.3, -0.25) is 14.9 Å². The standard InChI is InChI=1S/C21H19ClN2O5/c1-21(2)13-14-6-5-7-18(19(14)29-21)28-11-4-3-10-23-20(25)16-12-15(24(26)27)8-9-17(16)22/h5-9,12H,10-11,13H2,1-2H3,(H,23,25). The minimum atomic E-state index is -0.588. The van der Waals surface area contributed by atoms with E-state index in [-0.39, 0.29) is 35.0 Å². The van der Waals surface area contributed by atoms with Gasteiger partial charge < -0.3 is 14.8 Å². The van der Waals surface area contributed by atoms with Crippen LogP contribution in [-0.2, 0) is 6.42 Å². The minimum absolute atomic E-state index is 0.0264. The van der Waals surface area contributed by atoms with Crippen molar-refractivity contribution in [3.8, 4) is 23.3 Å². The highest BCUT2D eigenvalue weighted by atomic mass is 35.5. The lowest BCUT2D eigenvalue weighted by Gasteiger charge is -2.17. The van der Waals surface area contributed by atoms with Gasteiger partial charge in [0.2, 0.25) is 0 Å². The summed E-state index contributed by atoms with van der Waals surface area (Å²) in [5.74, 6) is 6.43. The summed E-state index contributed by atoms with van der Waals surface area (Å²) >= 11 is 5.94. The Labute approximate surface area is 173 Å². The van der Waals surface area contributed by atoms with Crippen LogP contribution in [0.2, 0.25) is 5.02 Å². The number of nitrogens with zero attached hydrogens (tertiary/aromatic N) is 1. The zero-order valence-corrected chi connectivity index (χ0v) is 16.7. The number of non-ortho nitro benzene ring substituents is 1. The first-order chi connectivity index (χ1) is 13.8. The third-order valence-electron chi connectivity index (χ3n) is 4.22. The number of benzene rings is 2. The molecule has 0 radical (unpaired) electrons. The number of nitro benzene ring substituents is 1. The number of para-hydroxylation sites is 1. The van der Waals surface area contributed by atoms with Gasteiger partial charge in [0.15, 0.2) is 11.5 Å². The highest BCUT2D eigenvalue weighted by molar-refractivity contribution is 6.33. The van der Waals surface area contributed by atoms with E-state index in [1.165, 1.54) is 12.1 Å². The number of fused-ring (bicyclic) bond motifs is 1. The van der Waals surface area contributed by atoms with Crippen molar-refractivity contribution in [1.82, 2.24) is 5.32 Å². The van der Waals surface area contributed by atoms with Crippen LogP contribution in [0.15, 0.2) is 36.4 Å². The minimum Gasteiger partial charge on any atom is -0.483 e. The number of hydrogen-bond acceptors (Lipinski definition) is 5. The first-order valence-electron chi connectivity index (χ1n) is 8.88. The molecular formula is C21H19ClN2O5. The van der Waals surface area contributed by atoms with Crippen LogP contribution < -0.4 is 14.8 Å². The molecule has 1 aliphatic rings. The second-order valence-electron chi connectivity index (χ2n) is 7.03. The number of rotatable bonds is 5. The molecule has 1 amide bonds. The fourth-order valence-corrected chi connectivity index (χ4v) is 3.15. The number of carbonyl (C=O) groups is 1. The van der Waals surface area contributed by atoms with Crippen molar-refractivity contribution >= 4 is 23.2 Å². The van der Waals surface area contributed by atoms with Gasteiger partial charge in [0.05, 0.1) is 22.1 Å². The zero-order valence-electron chi connectivity index (χ0n) is 16.0. The van der Waals surface area contributed by atoms with Gasteiger partial charge in [-0.05, 0) is 26.0 Å². The lowest BCUT2D eigenvalue weighted by atomic mass is 10.0. The summed E-state index contributed by atoms with van der Waals surface area (Å²) in [5, 5.41) is 13.5. The monoisotopic (exact) mass is 414 g/mol. The Hall–Kier alpha value is -3.24. The average Bonchev–Trinajstić information content (AvgIpc) is 2.99. The maximum Gasteiger partial charge on any atom is 0.270 e. The molecule has 0 unspecified atom stereocenters. The smallest absolute Gasteiger partial charge is 0.270 e. The van der Waals surface area contributed by atoms with Crippen LogP contribution in [0.5, 0.6) is 11.5 Å². The molecule has 1 heterocycles. The Balaban J connectivity index is 1.53. The highest BCUT2D eigenvalue weighted by Crippen LogP contribution is 2.41. The average molecular weight is 415 g/mol. The Morgan fingerprint density at radius 2 is 2.14 bits per heavy atom. The predicted molar refractivity (Wildman–Crippen MR) is 109 cm³/mol. The maximum absolute atomic E-state index is 12.1. The number of nitrogens with one attached hydrogen (secondary N) is 1. The topological polar surface area (TPSA) is 90.7 Å². The number of nitro groups is 1. The first kappa shape index (κ1) is 20.5. The molecule has 0 saturated carbocycles. The van der Waals surface area contributed by atoms with E-state index in [4.69, 9.17) is 21.1 Å². The Morgan fingerprint density at radius 1 is 1.34 bits per heavy atom. The van der Waals surface area contributed by atoms with E-state index in [2.05, 4.69) is 17.2 Å². The van der Waals surface area contributed by atoms with E-state index in [1.54, 1.807) is 0 Å². The van der Waals surface area contributed by atoms with Gasteiger partial charge in [-0.2, -0.15) is 0 Å². The van der Waals surface area contributed by atoms with E-state index in [9.17, 15) is 14.9 Å². The molecule has 1 N–H and O–H groups in total. The molecule has 0 spiro atoms. The number of hydrogen-bond donors (Lipinski definition) is 1. The quantitative estimate of drug-likeness (QED) is 0.457. The second-order valence-corrected chi connectivity index (χ2v) is 7.44. The third-order valence-corrected chi connectivity index (χ3v) is 4.55. The molecule has 0 fully saturated rings. The highest BCUT2D eigenvalue weighted by Gasteiger charge is 2.32. The molecule has 150 valence electrons. The molecule has 3 rings (SSSR count). The Bertz CT molecular complexity index is 1020. The molecule has 29 heavy (non-hydrogen) atoms. The van der Waals surface area contributed by atoms with Crippen LogP contribution >= 0.6 is 11.6 Å². The molecule has 2 aromatic rings. The second kappa shape index (κ2) is 8.41. The van der Waals surface area contributed by atoms with E-state index in [0.29, 0.717) is 5.75 Å². The molecule has 7 nitrogen and oxygen atoms in total. The van der Waals surface area contributed by atoms with Crippen LogP contribution in [0.3, 0.4) is 0 Å². The van der Waals surface area contributed by atoms with Crippen molar-refractivity contribution in [2.24, 2.45) is 0 Å². The number of halogens is 1. The van der Waals surface area contributed by atoms with Crippen molar-refractivity contribution in [3.63, 3.8) is 0 Å². The summed E-state index contributed by atoms with van der Waals surface area (Å²) in [6, 6.07) is 9.43. The van der Waals surface area contributed by atoms with Crippen molar-refractivity contribution in [1.29, 1.82) is 0 Å². The van der Waals surface area contributed by atoms with Crippen LogP contribution in [0.25, 0.3) is 0 Å². The number of ether oxygens (including phenoxy) is 2. The molecule has 0 aromatic heterocycles. The molecule has 0 atom stereocenters. The number of amides is 1. The van der Waals surface area contributed by atoms with Crippen molar-refractivity contribution in [3.05, 3.63) is 62.7 Å². The van der Waals surface area contributed by atoms with Gasteiger partial charge in [0.25, 0.3) is 11.6 Å². The van der Waals surface area contributed by atoms with Crippen molar-refractivity contribution < 1.29 is 19.2 Å². The Kier molecular flexibility index (Phi) is 5.95. The molecule has 0 aliphatic carbocycles. The van der Waals surface area contributed by atoms with Crippen LogP contribution in [-0.4, -0.2) is 29.6 Å². The van der Waals surface area contributed by atoms with E-state index in [1.807, 2.05) is 32.0 Å². The molecule has 8 heteroatoms. The van der Waals surface area contributed by atoms with Gasteiger partial charge in [-0.25, -0.2) is 0 Å². The summed E-state index contributed by atoms with van der Waals surface area (Å²) < 4.78 is 11.6. The lowest BCUT2D eigenvalue weighted by Crippen LogP contribution is -2.24. The zero-order chi connectivity index (χ0) is 21.0. The maximum atomic E-state index is 12.1. The van der Waals surface area contributed by atoms with E-state index >= 15 is 0 Å².